The molecular weight excluding hydrogens is 369 g/mol. The number of nitrogens with zero attached hydrogens (tertiary/aromatic N) is 4. The molecule has 0 saturated carbocycles. The second-order valence-corrected chi connectivity index (χ2v) is 7.23. The Morgan fingerprint density at radius 1 is 1.29 bits per heavy atom. The van der Waals surface area contributed by atoms with E-state index in [4.69, 9.17) is 23.2 Å². The van der Waals surface area contributed by atoms with Crippen molar-refractivity contribution >= 4 is 46.5 Å². The minimum Gasteiger partial charge on any atom is -0.329 e. The van der Waals surface area contributed by atoms with Gasteiger partial charge in [0.1, 0.15) is 5.84 Å². The maximum atomic E-state index is 12.7. The molecule has 1 aromatic heterocycles. The predicted octanol–water partition coefficient (Wildman–Crippen LogP) is 2.82. The zero-order valence-electron chi connectivity index (χ0n) is 12.4. The van der Waals surface area contributed by atoms with E-state index in [2.05, 4.69) is 19.8 Å². The van der Waals surface area contributed by atoms with Gasteiger partial charge in [-0.25, -0.2) is 4.37 Å². The molecule has 1 unspecified atom stereocenters. The van der Waals surface area contributed by atoms with E-state index in [9.17, 15) is 4.79 Å². The van der Waals surface area contributed by atoms with E-state index in [1.807, 2.05) is 6.07 Å². The number of amidine groups is 1. The molecule has 9 heteroatoms. The lowest BCUT2D eigenvalue weighted by Gasteiger charge is -2.36. The molecule has 0 aliphatic carbocycles. The van der Waals surface area contributed by atoms with Crippen LogP contribution in [0.5, 0.6) is 0 Å². The largest absolute Gasteiger partial charge is 0.329 e. The highest BCUT2D eigenvalue weighted by atomic mass is 35.5. The van der Waals surface area contributed by atoms with E-state index in [1.54, 1.807) is 29.3 Å². The van der Waals surface area contributed by atoms with Gasteiger partial charge in [-0.1, -0.05) is 23.2 Å². The molecule has 124 valence electrons. The molecule has 1 aromatic carbocycles. The van der Waals surface area contributed by atoms with Gasteiger partial charge >= 0.3 is 0 Å². The molecule has 3 heterocycles. The normalized spacial score (nSPS) is 19.8. The minimum absolute atomic E-state index is 0.00359. The van der Waals surface area contributed by atoms with Crippen LogP contribution in [0.15, 0.2) is 35.6 Å². The maximum absolute atomic E-state index is 12.7. The molecule has 2 aromatic rings. The molecule has 1 amide bonds. The van der Waals surface area contributed by atoms with Gasteiger partial charge in [0.05, 0.1) is 22.0 Å². The van der Waals surface area contributed by atoms with Crippen LogP contribution in [0.1, 0.15) is 21.4 Å². The van der Waals surface area contributed by atoms with E-state index in [1.165, 1.54) is 11.5 Å². The Morgan fingerprint density at radius 2 is 2.17 bits per heavy atom. The zero-order valence-corrected chi connectivity index (χ0v) is 14.8. The third kappa shape index (κ3) is 2.72. The van der Waals surface area contributed by atoms with E-state index in [0.717, 1.165) is 10.7 Å². The number of nitrogens with one attached hydrogen (secondary N) is 1. The van der Waals surface area contributed by atoms with Crippen molar-refractivity contribution in [2.45, 2.75) is 6.17 Å². The van der Waals surface area contributed by atoms with Crippen LogP contribution in [-0.2, 0) is 0 Å². The summed E-state index contributed by atoms with van der Waals surface area (Å²) >= 11 is 13.5. The smallest absolute Gasteiger partial charge is 0.255 e. The molecule has 1 saturated heterocycles. The lowest BCUT2D eigenvalue weighted by molar-refractivity contribution is 0.0737. The third-order valence-electron chi connectivity index (χ3n) is 4.08. The van der Waals surface area contributed by atoms with Crippen LogP contribution in [0.3, 0.4) is 0 Å². The van der Waals surface area contributed by atoms with Crippen molar-refractivity contribution in [2.24, 2.45) is 5.10 Å². The Morgan fingerprint density at radius 3 is 2.92 bits per heavy atom. The Labute approximate surface area is 152 Å². The standard InChI is InChI=1S/C15H13Cl2N5OS/c16-9-1-2-10(11(17)7-9)15(23)21-5-6-22-13(8-21)19-20-14(22)12-3-4-18-24-12/h1-4,7,14,20H,5-6,8H2. The first-order chi connectivity index (χ1) is 11.6. The van der Waals surface area contributed by atoms with Crippen LogP contribution < -0.4 is 5.43 Å². The number of hydrogen-bond donors (Lipinski definition) is 1. The van der Waals surface area contributed by atoms with Crippen LogP contribution in [0.25, 0.3) is 0 Å². The summed E-state index contributed by atoms with van der Waals surface area (Å²) in [6.07, 6.45) is 1.78. The number of piperazine rings is 1. The summed E-state index contributed by atoms with van der Waals surface area (Å²) in [4.78, 5) is 17.8. The van der Waals surface area contributed by atoms with Crippen molar-refractivity contribution in [2.75, 3.05) is 19.6 Å². The van der Waals surface area contributed by atoms with Crippen molar-refractivity contribution in [3.63, 3.8) is 0 Å². The quantitative estimate of drug-likeness (QED) is 0.868. The highest BCUT2D eigenvalue weighted by Crippen LogP contribution is 2.28. The Kier molecular flexibility index (Phi) is 4.07. The van der Waals surface area contributed by atoms with Crippen molar-refractivity contribution in [1.29, 1.82) is 0 Å². The number of benzene rings is 1. The summed E-state index contributed by atoms with van der Waals surface area (Å²) in [6.45, 7) is 1.75. The lowest BCUT2D eigenvalue weighted by atomic mass is 10.1. The van der Waals surface area contributed by atoms with Crippen LogP contribution in [-0.4, -0.2) is 45.6 Å². The Bertz CT molecular complexity index is 810. The van der Waals surface area contributed by atoms with Crippen molar-refractivity contribution in [1.82, 2.24) is 19.6 Å². The molecule has 1 fully saturated rings. The van der Waals surface area contributed by atoms with Crippen LogP contribution in [0, 0.1) is 0 Å². The molecule has 1 N–H and O–H groups in total. The number of carbonyl (C=O) groups is 1. The summed E-state index contributed by atoms with van der Waals surface area (Å²) in [6, 6.07) is 6.90. The van der Waals surface area contributed by atoms with E-state index in [-0.39, 0.29) is 12.1 Å². The first-order valence-corrected chi connectivity index (χ1v) is 8.90. The molecule has 6 nitrogen and oxygen atoms in total. The fourth-order valence-electron chi connectivity index (χ4n) is 2.87. The summed E-state index contributed by atoms with van der Waals surface area (Å²) in [5.74, 6) is 0.735. The Balaban J connectivity index is 1.50. The average molecular weight is 382 g/mol. The molecular formula is C15H13Cl2N5OS. The number of halogens is 2. The number of fused-ring (bicyclic) bond motifs is 1. The van der Waals surface area contributed by atoms with Gasteiger partial charge in [-0.15, -0.1) is 0 Å². The molecule has 24 heavy (non-hydrogen) atoms. The van der Waals surface area contributed by atoms with Gasteiger partial charge < -0.3 is 9.80 Å². The highest BCUT2D eigenvalue weighted by molar-refractivity contribution is 7.05. The van der Waals surface area contributed by atoms with Crippen molar-refractivity contribution in [3.05, 3.63) is 50.9 Å². The monoisotopic (exact) mass is 381 g/mol. The fraction of sp³-hybridized carbons (Fsp3) is 0.267. The number of amides is 1. The number of hydrogen-bond acceptors (Lipinski definition) is 6. The molecule has 0 bridgehead atoms. The van der Waals surface area contributed by atoms with Crippen LogP contribution in [0.2, 0.25) is 10.0 Å². The summed E-state index contributed by atoms with van der Waals surface area (Å²) in [7, 11) is 0. The molecule has 1 atom stereocenters. The third-order valence-corrected chi connectivity index (χ3v) is 5.42. The van der Waals surface area contributed by atoms with Gasteiger partial charge in [-0.05, 0) is 35.8 Å². The topological polar surface area (TPSA) is 60.8 Å². The number of hydrazone groups is 1. The lowest BCUT2D eigenvalue weighted by Crippen LogP contribution is -2.51. The molecule has 4 rings (SSSR count). The van der Waals surface area contributed by atoms with Crippen molar-refractivity contribution in [3.8, 4) is 0 Å². The average Bonchev–Trinajstić information content (AvgIpc) is 3.22. The highest BCUT2D eigenvalue weighted by Gasteiger charge is 2.36. The zero-order chi connectivity index (χ0) is 16.7. The number of aromatic nitrogens is 1. The van der Waals surface area contributed by atoms with Gasteiger partial charge in [0.15, 0.2) is 6.17 Å². The van der Waals surface area contributed by atoms with E-state index in [0.29, 0.717) is 35.2 Å². The number of carbonyl (C=O) groups excluding carboxylic acids is 1. The van der Waals surface area contributed by atoms with Crippen LogP contribution in [0.4, 0.5) is 0 Å². The van der Waals surface area contributed by atoms with Gasteiger partial charge in [-0.2, -0.15) is 5.10 Å². The van der Waals surface area contributed by atoms with E-state index < -0.39 is 0 Å². The number of rotatable bonds is 2. The van der Waals surface area contributed by atoms with Gasteiger partial charge in [0, 0.05) is 24.3 Å². The van der Waals surface area contributed by atoms with Gasteiger partial charge in [-0.3, -0.25) is 10.2 Å². The van der Waals surface area contributed by atoms with Crippen LogP contribution >= 0.6 is 34.7 Å². The van der Waals surface area contributed by atoms with E-state index >= 15 is 0 Å². The summed E-state index contributed by atoms with van der Waals surface area (Å²) in [5, 5.41) is 5.26. The molecule has 2 aliphatic rings. The van der Waals surface area contributed by atoms with Gasteiger partial charge in [0.2, 0.25) is 0 Å². The summed E-state index contributed by atoms with van der Waals surface area (Å²) < 4.78 is 4.14. The fourth-order valence-corrected chi connectivity index (χ4v) is 4.01. The minimum atomic E-state index is -0.111. The SMILES string of the molecule is O=C(c1ccc(Cl)cc1Cl)N1CCN2C(=NNC2c2ccns2)C1. The first-order valence-electron chi connectivity index (χ1n) is 7.37. The maximum Gasteiger partial charge on any atom is 0.255 e. The molecule has 2 aliphatic heterocycles. The Hall–Kier alpha value is -1.83. The molecule has 0 radical (unpaired) electrons. The molecule has 0 spiro atoms. The summed E-state index contributed by atoms with van der Waals surface area (Å²) in [5.41, 5.74) is 3.58. The van der Waals surface area contributed by atoms with Crippen molar-refractivity contribution < 1.29 is 4.79 Å². The first kappa shape index (κ1) is 15.7. The predicted molar refractivity (Wildman–Crippen MR) is 94.5 cm³/mol. The second-order valence-electron chi connectivity index (χ2n) is 5.52. The van der Waals surface area contributed by atoms with Gasteiger partial charge in [0.25, 0.3) is 5.91 Å². The second kappa shape index (κ2) is 6.23.